The first-order valence-corrected chi connectivity index (χ1v) is 8.61. The van der Waals surface area contributed by atoms with Crippen LogP contribution in [0.3, 0.4) is 0 Å². The quantitative estimate of drug-likeness (QED) is 0.803. The van der Waals surface area contributed by atoms with Crippen LogP contribution < -0.4 is 5.73 Å². The third kappa shape index (κ3) is 4.53. The molecule has 1 rings (SSSR count). The monoisotopic (exact) mass is 311 g/mol. The summed E-state index contributed by atoms with van der Waals surface area (Å²) in [7, 11) is 2.00. The number of carbonyl (C=O) groups is 1. The van der Waals surface area contributed by atoms with E-state index in [9.17, 15) is 4.79 Å². The SMILES string of the molecule is CCC(N)C(c1sccc1C)N(C)CC(=O)N(CC)CC. The van der Waals surface area contributed by atoms with Crippen LogP contribution >= 0.6 is 11.3 Å². The van der Waals surface area contributed by atoms with Gasteiger partial charge in [-0.3, -0.25) is 9.69 Å². The Labute approximate surface area is 132 Å². The molecule has 0 fully saturated rings. The zero-order valence-electron chi connectivity index (χ0n) is 13.9. The Morgan fingerprint density at radius 3 is 2.38 bits per heavy atom. The summed E-state index contributed by atoms with van der Waals surface area (Å²) in [5.74, 6) is 0.171. The van der Waals surface area contributed by atoms with E-state index in [1.807, 2.05) is 25.8 Å². The molecule has 0 saturated carbocycles. The Balaban J connectivity index is 2.89. The molecule has 1 aromatic heterocycles. The van der Waals surface area contributed by atoms with Gasteiger partial charge in [0.2, 0.25) is 5.91 Å². The lowest BCUT2D eigenvalue weighted by Crippen LogP contribution is -2.44. The van der Waals surface area contributed by atoms with Gasteiger partial charge in [0.1, 0.15) is 0 Å². The van der Waals surface area contributed by atoms with Crippen LogP contribution in [-0.2, 0) is 4.79 Å². The number of nitrogens with zero attached hydrogens (tertiary/aromatic N) is 2. The van der Waals surface area contributed by atoms with Crippen molar-refractivity contribution in [2.75, 3.05) is 26.7 Å². The van der Waals surface area contributed by atoms with Crippen molar-refractivity contribution in [3.05, 3.63) is 21.9 Å². The molecule has 5 heteroatoms. The largest absolute Gasteiger partial charge is 0.342 e. The number of carbonyl (C=O) groups excluding carboxylic acids is 1. The Kier molecular flexibility index (Phi) is 7.35. The van der Waals surface area contributed by atoms with Crippen LogP contribution in [0, 0.1) is 6.92 Å². The number of hydrogen-bond donors (Lipinski definition) is 1. The fourth-order valence-electron chi connectivity index (χ4n) is 2.62. The number of aryl methyl sites for hydroxylation is 1. The van der Waals surface area contributed by atoms with Gasteiger partial charge in [0.15, 0.2) is 0 Å². The van der Waals surface area contributed by atoms with Gasteiger partial charge in [0.25, 0.3) is 0 Å². The lowest BCUT2D eigenvalue weighted by Gasteiger charge is -2.33. The van der Waals surface area contributed by atoms with Gasteiger partial charge in [-0.05, 0) is 51.2 Å². The maximum absolute atomic E-state index is 12.3. The molecule has 1 amide bonds. The van der Waals surface area contributed by atoms with E-state index in [1.165, 1.54) is 10.4 Å². The zero-order chi connectivity index (χ0) is 16.0. The van der Waals surface area contributed by atoms with Crippen LogP contribution in [0.4, 0.5) is 0 Å². The molecule has 0 saturated heterocycles. The molecule has 1 aromatic rings. The number of likely N-dealkylation sites (N-methyl/N-ethyl adjacent to an activating group) is 2. The van der Waals surface area contributed by atoms with Gasteiger partial charge >= 0.3 is 0 Å². The van der Waals surface area contributed by atoms with Gasteiger partial charge in [0.05, 0.1) is 12.6 Å². The zero-order valence-corrected chi connectivity index (χ0v) is 14.7. The van der Waals surface area contributed by atoms with E-state index >= 15 is 0 Å². The second-order valence-electron chi connectivity index (χ2n) is 5.47. The summed E-state index contributed by atoms with van der Waals surface area (Å²) in [5.41, 5.74) is 7.60. The third-order valence-corrected chi connectivity index (χ3v) is 5.11. The Morgan fingerprint density at radius 2 is 1.95 bits per heavy atom. The van der Waals surface area contributed by atoms with E-state index in [0.29, 0.717) is 6.54 Å². The van der Waals surface area contributed by atoms with Crippen LogP contribution in [0.5, 0.6) is 0 Å². The molecule has 2 N–H and O–H groups in total. The van der Waals surface area contributed by atoms with E-state index in [4.69, 9.17) is 5.73 Å². The molecular weight excluding hydrogens is 282 g/mol. The standard InChI is InChI=1S/C16H29N3OS/c1-6-13(17)15(16-12(4)9-10-21-16)18(5)11-14(20)19(7-2)8-3/h9-10,13,15H,6-8,11,17H2,1-5H3. The molecule has 0 aliphatic carbocycles. The average Bonchev–Trinajstić information content (AvgIpc) is 2.86. The summed E-state index contributed by atoms with van der Waals surface area (Å²) in [5, 5.41) is 2.10. The highest BCUT2D eigenvalue weighted by atomic mass is 32.1. The van der Waals surface area contributed by atoms with Gasteiger partial charge < -0.3 is 10.6 Å². The van der Waals surface area contributed by atoms with E-state index < -0.39 is 0 Å². The van der Waals surface area contributed by atoms with Crippen molar-refractivity contribution >= 4 is 17.2 Å². The van der Waals surface area contributed by atoms with E-state index in [2.05, 4.69) is 30.2 Å². The summed E-state index contributed by atoms with van der Waals surface area (Å²) in [6, 6.07) is 2.27. The van der Waals surface area contributed by atoms with Crippen LogP contribution in [0.15, 0.2) is 11.4 Å². The number of hydrogen-bond acceptors (Lipinski definition) is 4. The number of amides is 1. The molecule has 21 heavy (non-hydrogen) atoms. The van der Waals surface area contributed by atoms with Crippen molar-refractivity contribution < 1.29 is 4.79 Å². The molecule has 0 aliphatic heterocycles. The lowest BCUT2D eigenvalue weighted by molar-refractivity contribution is -0.132. The molecule has 0 spiro atoms. The maximum Gasteiger partial charge on any atom is 0.236 e. The second kappa shape index (κ2) is 8.51. The smallest absolute Gasteiger partial charge is 0.236 e. The molecule has 120 valence electrons. The summed E-state index contributed by atoms with van der Waals surface area (Å²) >= 11 is 1.73. The predicted octanol–water partition coefficient (Wildman–Crippen LogP) is 2.64. The Hall–Kier alpha value is -0.910. The highest BCUT2D eigenvalue weighted by molar-refractivity contribution is 7.10. The average molecular weight is 311 g/mol. The first-order chi connectivity index (χ1) is 9.96. The fraction of sp³-hybridized carbons (Fsp3) is 0.688. The summed E-state index contributed by atoms with van der Waals surface area (Å²) in [6.45, 7) is 10.2. The van der Waals surface area contributed by atoms with E-state index in [1.54, 1.807) is 11.3 Å². The van der Waals surface area contributed by atoms with Crippen LogP contribution in [0.1, 0.15) is 43.7 Å². The highest BCUT2D eigenvalue weighted by Crippen LogP contribution is 2.31. The Morgan fingerprint density at radius 1 is 1.33 bits per heavy atom. The second-order valence-corrected chi connectivity index (χ2v) is 6.41. The third-order valence-electron chi connectivity index (χ3n) is 4.02. The highest BCUT2D eigenvalue weighted by Gasteiger charge is 2.27. The molecule has 0 bridgehead atoms. The maximum atomic E-state index is 12.3. The molecule has 2 unspecified atom stereocenters. The number of rotatable bonds is 8. The van der Waals surface area contributed by atoms with Crippen LogP contribution in [0.2, 0.25) is 0 Å². The minimum atomic E-state index is 0.0388. The van der Waals surface area contributed by atoms with Gasteiger partial charge in [-0.25, -0.2) is 0 Å². The van der Waals surface area contributed by atoms with E-state index in [-0.39, 0.29) is 18.0 Å². The molecule has 0 aliphatic rings. The van der Waals surface area contributed by atoms with Crippen LogP contribution in [-0.4, -0.2) is 48.4 Å². The molecule has 0 radical (unpaired) electrons. The van der Waals surface area contributed by atoms with Crippen LogP contribution in [0.25, 0.3) is 0 Å². The molecular formula is C16H29N3OS. The normalized spacial score (nSPS) is 14.2. The molecule has 4 nitrogen and oxygen atoms in total. The number of nitrogens with two attached hydrogens (primary N) is 1. The van der Waals surface area contributed by atoms with Crippen molar-refractivity contribution in [3.63, 3.8) is 0 Å². The van der Waals surface area contributed by atoms with Crippen molar-refractivity contribution in [1.82, 2.24) is 9.80 Å². The van der Waals surface area contributed by atoms with Gasteiger partial charge in [0, 0.05) is 24.0 Å². The van der Waals surface area contributed by atoms with Gasteiger partial charge in [-0.15, -0.1) is 11.3 Å². The predicted molar refractivity (Wildman–Crippen MR) is 90.6 cm³/mol. The van der Waals surface area contributed by atoms with Crippen molar-refractivity contribution in [2.45, 2.75) is 46.2 Å². The summed E-state index contributed by atoms with van der Waals surface area (Å²) in [6.07, 6.45) is 0.895. The van der Waals surface area contributed by atoms with Gasteiger partial charge in [-0.1, -0.05) is 6.92 Å². The van der Waals surface area contributed by atoms with E-state index in [0.717, 1.165) is 19.5 Å². The Bertz CT molecular complexity index is 442. The minimum absolute atomic E-state index is 0.0388. The van der Waals surface area contributed by atoms with Crippen molar-refractivity contribution in [1.29, 1.82) is 0 Å². The molecule has 0 aromatic carbocycles. The first kappa shape index (κ1) is 18.1. The first-order valence-electron chi connectivity index (χ1n) is 7.73. The minimum Gasteiger partial charge on any atom is -0.342 e. The topological polar surface area (TPSA) is 49.6 Å². The summed E-state index contributed by atoms with van der Waals surface area (Å²) in [4.78, 5) is 17.6. The van der Waals surface area contributed by atoms with Gasteiger partial charge in [-0.2, -0.15) is 0 Å². The van der Waals surface area contributed by atoms with Crippen molar-refractivity contribution in [3.8, 4) is 0 Å². The lowest BCUT2D eigenvalue weighted by atomic mass is 10.0. The fourth-order valence-corrected chi connectivity index (χ4v) is 3.79. The summed E-state index contributed by atoms with van der Waals surface area (Å²) < 4.78 is 0. The molecule has 1 heterocycles. The van der Waals surface area contributed by atoms with Crippen molar-refractivity contribution in [2.24, 2.45) is 5.73 Å². The number of thiophene rings is 1. The molecule has 2 atom stereocenters.